The summed E-state index contributed by atoms with van der Waals surface area (Å²) in [6.07, 6.45) is 1.51. The van der Waals surface area contributed by atoms with Gasteiger partial charge in [0.2, 0.25) is 0 Å². The van der Waals surface area contributed by atoms with Crippen LogP contribution in [0.5, 0.6) is 0 Å². The molecule has 0 spiro atoms. The minimum atomic E-state index is -3.57. The van der Waals surface area contributed by atoms with Crippen molar-refractivity contribution in [2.75, 3.05) is 11.5 Å². The van der Waals surface area contributed by atoms with Crippen molar-refractivity contribution >= 4 is 15.5 Å². The molecule has 0 radical (unpaired) electrons. The van der Waals surface area contributed by atoms with Crippen molar-refractivity contribution in [3.8, 4) is 0 Å². The maximum atomic E-state index is 11.9. The summed E-state index contributed by atoms with van der Waals surface area (Å²) in [7, 11) is -3.57. The van der Waals surface area contributed by atoms with Crippen LogP contribution >= 0.6 is 0 Å². The van der Waals surface area contributed by atoms with Gasteiger partial charge in [0.1, 0.15) is 0 Å². The fraction of sp³-hybridized carbons (Fsp3) is 0.500. The van der Waals surface area contributed by atoms with Crippen LogP contribution in [-0.4, -0.2) is 18.7 Å². The van der Waals surface area contributed by atoms with Crippen LogP contribution in [0, 0.1) is 0 Å². The Balaban J connectivity index is 3.64. The lowest BCUT2D eigenvalue weighted by Crippen LogP contribution is -2.28. The quantitative estimate of drug-likeness (QED) is 0.852. The van der Waals surface area contributed by atoms with E-state index in [9.17, 15) is 13.2 Å². The Morgan fingerprint density at radius 2 is 2.00 bits per heavy atom. The summed E-state index contributed by atoms with van der Waals surface area (Å²) in [6, 6.07) is 1.35. The SMILES string of the molecule is CCS(=O)(=O)c1c(N)ccn(C(C)C)c1=O. The molecule has 0 saturated heterocycles. The second kappa shape index (κ2) is 4.29. The molecule has 1 aromatic rings. The van der Waals surface area contributed by atoms with Crippen molar-refractivity contribution in [3.63, 3.8) is 0 Å². The molecular weight excluding hydrogens is 228 g/mol. The fourth-order valence-corrected chi connectivity index (χ4v) is 2.50. The molecule has 0 aliphatic rings. The number of hydrogen-bond donors (Lipinski definition) is 1. The molecule has 90 valence electrons. The van der Waals surface area contributed by atoms with E-state index >= 15 is 0 Å². The Labute approximate surface area is 94.8 Å². The van der Waals surface area contributed by atoms with Gasteiger partial charge in [-0.1, -0.05) is 6.92 Å². The van der Waals surface area contributed by atoms with Gasteiger partial charge in [0.25, 0.3) is 5.56 Å². The van der Waals surface area contributed by atoms with E-state index in [1.54, 1.807) is 13.8 Å². The topological polar surface area (TPSA) is 82.2 Å². The molecule has 0 aromatic carbocycles. The molecule has 0 atom stereocenters. The first-order valence-corrected chi connectivity index (χ1v) is 6.70. The summed E-state index contributed by atoms with van der Waals surface area (Å²) < 4.78 is 24.8. The largest absolute Gasteiger partial charge is 0.397 e. The average molecular weight is 244 g/mol. The van der Waals surface area contributed by atoms with E-state index in [4.69, 9.17) is 5.73 Å². The molecule has 0 bridgehead atoms. The van der Waals surface area contributed by atoms with E-state index in [1.807, 2.05) is 0 Å². The van der Waals surface area contributed by atoms with Gasteiger partial charge in [0.15, 0.2) is 14.7 Å². The number of pyridine rings is 1. The molecule has 1 rings (SSSR count). The Kier molecular flexibility index (Phi) is 3.42. The molecule has 0 fully saturated rings. The normalized spacial score (nSPS) is 12.0. The Morgan fingerprint density at radius 3 is 2.44 bits per heavy atom. The summed E-state index contributed by atoms with van der Waals surface area (Å²) in [5, 5.41) is 0. The molecule has 0 unspecified atom stereocenters. The number of hydrogen-bond acceptors (Lipinski definition) is 4. The van der Waals surface area contributed by atoms with Gasteiger partial charge in [-0.2, -0.15) is 0 Å². The standard InChI is InChI=1S/C10H16N2O3S/c1-4-16(14,15)9-8(11)5-6-12(7(2)3)10(9)13/h5-7H,4,11H2,1-3H3. The minimum Gasteiger partial charge on any atom is -0.397 e. The van der Waals surface area contributed by atoms with Crippen LogP contribution in [0.25, 0.3) is 0 Å². The summed E-state index contributed by atoms with van der Waals surface area (Å²) in [5.41, 5.74) is 5.03. The predicted molar refractivity (Wildman–Crippen MR) is 63.2 cm³/mol. The third-order valence-corrected chi connectivity index (χ3v) is 4.15. The van der Waals surface area contributed by atoms with Crippen LogP contribution in [0.4, 0.5) is 5.69 Å². The third-order valence-electron chi connectivity index (χ3n) is 2.35. The number of rotatable bonds is 3. The monoisotopic (exact) mass is 244 g/mol. The van der Waals surface area contributed by atoms with E-state index in [1.165, 1.54) is 23.8 Å². The first kappa shape index (κ1) is 12.8. The zero-order chi connectivity index (χ0) is 12.5. The molecule has 0 saturated carbocycles. The van der Waals surface area contributed by atoms with Gasteiger partial charge in [0, 0.05) is 12.2 Å². The van der Waals surface area contributed by atoms with Gasteiger partial charge >= 0.3 is 0 Å². The lowest BCUT2D eigenvalue weighted by Gasteiger charge is -2.12. The zero-order valence-electron chi connectivity index (χ0n) is 9.60. The van der Waals surface area contributed by atoms with Gasteiger partial charge < -0.3 is 10.3 Å². The number of nitrogens with two attached hydrogens (primary N) is 1. The molecular formula is C10H16N2O3S. The second-order valence-corrected chi connectivity index (χ2v) is 6.02. The number of aromatic nitrogens is 1. The first-order valence-electron chi connectivity index (χ1n) is 5.04. The molecule has 0 aliphatic heterocycles. The number of nitrogen functional groups attached to an aromatic ring is 1. The van der Waals surface area contributed by atoms with Crippen molar-refractivity contribution in [1.82, 2.24) is 4.57 Å². The smallest absolute Gasteiger partial charge is 0.271 e. The van der Waals surface area contributed by atoms with Crippen LogP contribution in [-0.2, 0) is 9.84 Å². The lowest BCUT2D eigenvalue weighted by atomic mass is 10.3. The van der Waals surface area contributed by atoms with Gasteiger partial charge in [-0.25, -0.2) is 8.42 Å². The molecule has 0 amide bonds. The molecule has 1 aromatic heterocycles. The first-order chi connectivity index (χ1) is 7.31. The number of nitrogens with zero attached hydrogens (tertiary/aromatic N) is 1. The Morgan fingerprint density at radius 1 is 1.44 bits per heavy atom. The Bertz CT molecular complexity index is 544. The minimum absolute atomic E-state index is 0.0174. The van der Waals surface area contributed by atoms with Gasteiger partial charge in [-0.05, 0) is 19.9 Å². The molecule has 1 heterocycles. The predicted octanol–water partition coefficient (Wildman–Crippen LogP) is 0.805. The van der Waals surface area contributed by atoms with Crippen molar-refractivity contribution in [2.45, 2.75) is 31.7 Å². The van der Waals surface area contributed by atoms with Gasteiger partial charge in [0.05, 0.1) is 11.4 Å². The maximum Gasteiger partial charge on any atom is 0.271 e. The maximum absolute atomic E-state index is 11.9. The number of sulfone groups is 1. The van der Waals surface area contributed by atoms with Crippen LogP contribution in [0.15, 0.2) is 22.0 Å². The zero-order valence-corrected chi connectivity index (χ0v) is 10.4. The highest BCUT2D eigenvalue weighted by atomic mass is 32.2. The molecule has 6 heteroatoms. The van der Waals surface area contributed by atoms with E-state index in [2.05, 4.69) is 0 Å². The molecule has 5 nitrogen and oxygen atoms in total. The summed E-state index contributed by atoms with van der Waals surface area (Å²) >= 11 is 0. The Hall–Kier alpha value is -1.30. The van der Waals surface area contributed by atoms with Gasteiger partial charge in [-0.15, -0.1) is 0 Å². The van der Waals surface area contributed by atoms with Crippen LogP contribution in [0.3, 0.4) is 0 Å². The van der Waals surface area contributed by atoms with Crippen LogP contribution < -0.4 is 11.3 Å². The van der Waals surface area contributed by atoms with E-state index in [-0.39, 0.29) is 22.4 Å². The van der Waals surface area contributed by atoms with E-state index < -0.39 is 15.4 Å². The van der Waals surface area contributed by atoms with Crippen molar-refractivity contribution in [2.24, 2.45) is 0 Å². The van der Waals surface area contributed by atoms with Crippen LogP contribution in [0.1, 0.15) is 26.8 Å². The highest BCUT2D eigenvalue weighted by Crippen LogP contribution is 2.15. The van der Waals surface area contributed by atoms with Crippen molar-refractivity contribution in [1.29, 1.82) is 0 Å². The number of anilines is 1. The molecule has 0 aliphatic carbocycles. The lowest BCUT2D eigenvalue weighted by molar-refractivity contribution is 0.561. The van der Waals surface area contributed by atoms with E-state index in [0.29, 0.717) is 0 Å². The van der Waals surface area contributed by atoms with Gasteiger partial charge in [-0.3, -0.25) is 4.79 Å². The highest BCUT2D eigenvalue weighted by molar-refractivity contribution is 7.91. The van der Waals surface area contributed by atoms with Crippen molar-refractivity contribution in [3.05, 3.63) is 22.6 Å². The van der Waals surface area contributed by atoms with Crippen molar-refractivity contribution < 1.29 is 8.42 Å². The third kappa shape index (κ3) is 2.11. The second-order valence-electron chi connectivity index (χ2n) is 3.81. The summed E-state index contributed by atoms with van der Waals surface area (Å²) in [5.74, 6) is -0.130. The molecule has 16 heavy (non-hydrogen) atoms. The van der Waals surface area contributed by atoms with Crippen LogP contribution in [0.2, 0.25) is 0 Å². The van der Waals surface area contributed by atoms with E-state index in [0.717, 1.165) is 0 Å². The summed E-state index contributed by atoms with van der Waals surface area (Å²) in [6.45, 7) is 5.10. The summed E-state index contributed by atoms with van der Waals surface area (Å²) in [4.78, 5) is 11.7. The average Bonchev–Trinajstić information content (AvgIpc) is 2.16. The molecule has 2 N–H and O–H groups in total. The highest BCUT2D eigenvalue weighted by Gasteiger charge is 2.21. The fourth-order valence-electron chi connectivity index (χ4n) is 1.41.